The number of halogens is 1. The molecule has 0 saturated carbocycles. The first kappa shape index (κ1) is 23.2. The van der Waals surface area contributed by atoms with Crippen molar-refractivity contribution >= 4 is 11.6 Å². The van der Waals surface area contributed by atoms with Crippen LogP contribution < -0.4 is 10.5 Å². The van der Waals surface area contributed by atoms with Gasteiger partial charge in [-0.1, -0.05) is 61.9 Å². The number of rotatable bonds is 9. The van der Waals surface area contributed by atoms with Crippen molar-refractivity contribution in [2.75, 3.05) is 7.11 Å². The number of nitrogens with zero attached hydrogens (tertiary/aromatic N) is 1. The van der Waals surface area contributed by atoms with Crippen molar-refractivity contribution in [1.82, 2.24) is 0 Å². The van der Waals surface area contributed by atoms with Crippen LogP contribution in [0.3, 0.4) is 0 Å². The van der Waals surface area contributed by atoms with Crippen LogP contribution in [-0.2, 0) is 10.3 Å². The maximum absolute atomic E-state index is 15.5. The third-order valence-corrected chi connectivity index (χ3v) is 5.46. The number of hydrogen-bond donors (Lipinski definition) is 1. The van der Waals surface area contributed by atoms with E-state index in [4.69, 9.17) is 10.5 Å². The van der Waals surface area contributed by atoms with Crippen molar-refractivity contribution in [2.45, 2.75) is 38.6 Å². The Kier molecular flexibility index (Phi) is 7.41. The number of carbonyl (C=O) groups excluding carboxylic acids is 1. The van der Waals surface area contributed by atoms with E-state index in [1.165, 1.54) is 6.07 Å². The van der Waals surface area contributed by atoms with Crippen molar-refractivity contribution in [3.8, 4) is 16.9 Å². The Labute approximate surface area is 189 Å². The molecule has 3 rings (SSSR count). The number of methoxy groups -OCH3 is 1. The molecule has 0 heterocycles. The fraction of sp³-hybridized carbons (Fsp3) is 0.259. The number of aliphatic imine (C=N–C) groups is 1. The number of benzene rings is 3. The zero-order valence-electron chi connectivity index (χ0n) is 18.8. The first-order chi connectivity index (χ1) is 15.4. The lowest BCUT2D eigenvalue weighted by molar-refractivity contribution is -0.123. The molecule has 0 aromatic heterocycles. The first-order valence-corrected chi connectivity index (χ1v) is 10.8. The van der Waals surface area contributed by atoms with Crippen LogP contribution in [0, 0.1) is 5.82 Å². The largest absolute Gasteiger partial charge is 0.497 e. The predicted octanol–water partition coefficient (Wildman–Crippen LogP) is 5.88. The first-order valence-electron chi connectivity index (χ1n) is 10.8. The molecule has 166 valence electrons. The topological polar surface area (TPSA) is 64.7 Å². The Morgan fingerprint density at radius 1 is 1.03 bits per heavy atom. The Bertz CT molecular complexity index is 1110. The summed E-state index contributed by atoms with van der Waals surface area (Å²) >= 11 is 0. The molecule has 0 aliphatic rings. The number of ether oxygens (including phenoxy) is 1. The Morgan fingerprint density at radius 3 is 2.41 bits per heavy atom. The summed E-state index contributed by atoms with van der Waals surface area (Å²) in [5, 5.41) is 0. The van der Waals surface area contributed by atoms with Crippen LogP contribution in [0.15, 0.2) is 77.8 Å². The van der Waals surface area contributed by atoms with Crippen molar-refractivity contribution < 1.29 is 13.9 Å². The second-order valence-corrected chi connectivity index (χ2v) is 7.78. The highest BCUT2D eigenvalue weighted by Crippen LogP contribution is 2.40. The van der Waals surface area contributed by atoms with Gasteiger partial charge in [-0.3, -0.25) is 4.79 Å². The van der Waals surface area contributed by atoms with Gasteiger partial charge in [0.15, 0.2) is 11.3 Å². The number of nitrogens with two attached hydrogens (primary N) is 1. The highest BCUT2D eigenvalue weighted by molar-refractivity contribution is 5.96. The molecule has 0 aliphatic carbocycles. The SMILES string of the molecule is CCCCC(=O)C(N=C(C)N)(c1ccccc1)c1cc(-c2cccc(OC)c2)ccc1F. The van der Waals surface area contributed by atoms with Crippen LogP contribution in [0.1, 0.15) is 44.2 Å². The molecule has 3 aromatic rings. The molecule has 1 atom stereocenters. The minimum absolute atomic E-state index is 0.183. The van der Waals surface area contributed by atoms with Crippen molar-refractivity contribution in [3.05, 3.63) is 89.7 Å². The highest BCUT2D eigenvalue weighted by atomic mass is 19.1. The van der Waals surface area contributed by atoms with Crippen LogP contribution in [0.25, 0.3) is 11.1 Å². The molecular weight excluding hydrogens is 403 g/mol. The van der Waals surface area contributed by atoms with E-state index < -0.39 is 11.4 Å². The molecule has 0 aliphatic heterocycles. The Balaban J connectivity index is 2.31. The molecule has 0 fully saturated rings. The summed E-state index contributed by atoms with van der Waals surface area (Å²) in [5.41, 5.74) is 6.84. The summed E-state index contributed by atoms with van der Waals surface area (Å²) in [6, 6.07) is 21.4. The Hall–Kier alpha value is -3.47. The van der Waals surface area contributed by atoms with Crippen LogP contribution in [0.4, 0.5) is 4.39 Å². The smallest absolute Gasteiger partial charge is 0.173 e. The van der Waals surface area contributed by atoms with Gasteiger partial charge in [-0.15, -0.1) is 0 Å². The van der Waals surface area contributed by atoms with Crippen molar-refractivity contribution in [2.24, 2.45) is 10.7 Å². The van der Waals surface area contributed by atoms with Gasteiger partial charge in [0.2, 0.25) is 0 Å². The highest BCUT2D eigenvalue weighted by Gasteiger charge is 2.43. The second-order valence-electron chi connectivity index (χ2n) is 7.78. The summed E-state index contributed by atoms with van der Waals surface area (Å²) in [4.78, 5) is 18.3. The predicted molar refractivity (Wildman–Crippen MR) is 127 cm³/mol. The van der Waals surface area contributed by atoms with Gasteiger partial charge in [0, 0.05) is 12.0 Å². The number of ketones is 1. The minimum Gasteiger partial charge on any atom is -0.497 e. The van der Waals surface area contributed by atoms with Gasteiger partial charge in [-0.2, -0.15) is 0 Å². The van der Waals surface area contributed by atoms with E-state index in [0.717, 1.165) is 17.5 Å². The van der Waals surface area contributed by atoms with Crippen LogP contribution in [0.5, 0.6) is 5.75 Å². The number of Topliss-reactive ketones (excluding diaryl/α,β-unsaturated/α-hetero) is 1. The average molecular weight is 433 g/mol. The lowest BCUT2D eigenvalue weighted by Gasteiger charge is -2.31. The summed E-state index contributed by atoms with van der Waals surface area (Å²) in [6.45, 7) is 3.63. The normalized spacial score (nSPS) is 13.4. The Morgan fingerprint density at radius 2 is 1.75 bits per heavy atom. The molecule has 4 nitrogen and oxygen atoms in total. The van der Waals surface area contributed by atoms with Gasteiger partial charge in [0.1, 0.15) is 11.6 Å². The summed E-state index contributed by atoms with van der Waals surface area (Å²) in [6.07, 6.45) is 1.79. The van der Waals surface area contributed by atoms with E-state index in [-0.39, 0.29) is 23.6 Å². The van der Waals surface area contributed by atoms with Gasteiger partial charge in [0.25, 0.3) is 0 Å². The molecule has 0 saturated heterocycles. The van der Waals surface area contributed by atoms with E-state index in [1.807, 2.05) is 49.4 Å². The second kappa shape index (κ2) is 10.2. The van der Waals surface area contributed by atoms with Gasteiger partial charge in [0.05, 0.1) is 12.9 Å². The zero-order valence-corrected chi connectivity index (χ0v) is 18.8. The minimum atomic E-state index is -1.56. The van der Waals surface area contributed by atoms with E-state index >= 15 is 4.39 Å². The van der Waals surface area contributed by atoms with Gasteiger partial charge in [-0.25, -0.2) is 9.38 Å². The maximum atomic E-state index is 15.5. The molecule has 0 spiro atoms. The third kappa shape index (κ3) is 4.72. The molecule has 5 heteroatoms. The molecule has 0 bridgehead atoms. The number of carbonyl (C=O) groups is 1. The number of hydrogen-bond acceptors (Lipinski definition) is 3. The van der Waals surface area contributed by atoms with Crippen LogP contribution in [0.2, 0.25) is 0 Å². The van der Waals surface area contributed by atoms with E-state index in [2.05, 4.69) is 4.99 Å². The standard InChI is InChI=1S/C27H29FN2O2/c1-4-5-14-26(31)27(30-19(2)29,22-11-7-6-8-12-22)24-18-21(15-16-25(24)28)20-10-9-13-23(17-20)32-3/h6-13,15-18H,4-5,14H2,1-3H3,(H2,29,30). The summed E-state index contributed by atoms with van der Waals surface area (Å²) < 4.78 is 20.8. The van der Waals surface area contributed by atoms with E-state index in [0.29, 0.717) is 17.7 Å². The molecule has 32 heavy (non-hydrogen) atoms. The quantitative estimate of drug-likeness (QED) is 0.339. The van der Waals surface area contributed by atoms with Crippen molar-refractivity contribution in [1.29, 1.82) is 0 Å². The monoisotopic (exact) mass is 432 g/mol. The van der Waals surface area contributed by atoms with Crippen LogP contribution in [-0.4, -0.2) is 18.7 Å². The molecule has 3 aromatic carbocycles. The maximum Gasteiger partial charge on any atom is 0.173 e. The fourth-order valence-corrected chi connectivity index (χ4v) is 3.90. The zero-order chi connectivity index (χ0) is 23.1. The molecule has 2 N–H and O–H groups in total. The van der Waals surface area contributed by atoms with Crippen molar-refractivity contribution in [3.63, 3.8) is 0 Å². The lowest BCUT2D eigenvalue weighted by atomic mass is 9.77. The van der Waals surface area contributed by atoms with E-state index in [1.54, 1.807) is 38.3 Å². The molecule has 1 unspecified atom stereocenters. The number of unbranched alkanes of at least 4 members (excludes halogenated alkanes) is 1. The van der Waals surface area contributed by atoms with Gasteiger partial charge >= 0.3 is 0 Å². The summed E-state index contributed by atoms with van der Waals surface area (Å²) in [7, 11) is 1.60. The van der Waals surface area contributed by atoms with Gasteiger partial charge in [-0.05, 0) is 54.3 Å². The summed E-state index contributed by atoms with van der Waals surface area (Å²) in [5.74, 6) is 0.217. The van der Waals surface area contributed by atoms with E-state index in [9.17, 15) is 4.79 Å². The molecule has 0 radical (unpaired) electrons. The molecule has 0 amide bonds. The van der Waals surface area contributed by atoms with Crippen LogP contribution >= 0.6 is 0 Å². The fourth-order valence-electron chi connectivity index (χ4n) is 3.90. The van der Waals surface area contributed by atoms with Gasteiger partial charge < -0.3 is 10.5 Å². The molecular formula is C27H29FN2O2. The lowest BCUT2D eigenvalue weighted by Crippen LogP contribution is -2.38. The number of amidine groups is 1. The average Bonchev–Trinajstić information content (AvgIpc) is 2.81. The third-order valence-electron chi connectivity index (χ3n) is 5.46.